The van der Waals surface area contributed by atoms with Crippen molar-refractivity contribution in [2.24, 2.45) is 10.9 Å². The minimum atomic E-state index is -3.08. The van der Waals surface area contributed by atoms with Gasteiger partial charge in [0.2, 0.25) is 10.0 Å². The predicted octanol–water partition coefficient (Wildman–Crippen LogP) is 2.95. The van der Waals surface area contributed by atoms with Crippen LogP contribution in [0, 0.1) is 5.92 Å². The zero-order valence-corrected chi connectivity index (χ0v) is 21.1. The van der Waals surface area contributed by atoms with Crippen LogP contribution in [0.2, 0.25) is 5.02 Å². The van der Waals surface area contributed by atoms with Gasteiger partial charge in [0.1, 0.15) is 11.9 Å². The van der Waals surface area contributed by atoms with Crippen LogP contribution in [0.4, 0.5) is 0 Å². The molecule has 1 aromatic rings. The van der Waals surface area contributed by atoms with Crippen molar-refractivity contribution in [1.29, 1.82) is 0 Å². The highest BCUT2D eigenvalue weighted by atomic mass is 127. The summed E-state index contributed by atoms with van der Waals surface area (Å²) in [6.45, 7) is 4.60. The van der Waals surface area contributed by atoms with Gasteiger partial charge in [0.05, 0.1) is 17.8 Å². The Balaban J connectivity index is 0.00000420. The van der Waals surface area contributed by atoms with Gasteiger partial charge in [-0.3, -0.25) is 4.99 Å². The summed E-state index contributed by atoms with van der Waals surface area (Å²) in [5.41, 5.74) is 0. The third-order valence-corrected chi connectivity index (χ3v) is 6.52. The maximum absolute atomic E-state index is 11.6. The van der Waals surface area contributed by atoms with Crippen molar-refractivity contribution >= 4 is 51.6 Å². The summed E-state index contributed by atoms with van der Waals surface area (Å²) in [6.07, 6.45) is 3.77. The van der Waals surface area contributed by atoms with Crippen molar-refractivity contribution in [3.05, 3.63) is 29.3 Å². The van der Waals surface area contributed by atoms with Gasteiger partial charge in [-0.05, 0) is 37.3 Å². The summed E-state index contributed by atoms with van der Waals surface area (Å²) in [4.78, 5) is 4.26. The van der Waals surface area contributed by atoms with Crippen molar-refractivity contribution in [2.75, 3.05) is 39.5 Å². The van der Waals surface area contributed by atoms with Crippen molar-refractivity contribution in [3.8, 4) is 5.75 Å². The van der Waals surface area contributed by atoms with E-state index in [2.05, 4.69) is 22.5 Å². The van der Waals surface area contributed by atoms with Crippen molar-refractivity contribution < 1.29 is 13.2 Å². The van der Waals surface area contributed by atoms with Gasteiger partial charge in [0.25, 0.3) is 0 Å². The fourth-order valence-corrected chi connectivity index (χ4v) is 4.16. The highest BCUT2D eigenvalue weighted by Crippen LogP contribution is 2.24. The maximum atomic E-state index is 11.6. The van der Waals surface area contributed by atoms with Crippen LogP contribution in [-0.2, 0) is 10.0 Å². The molecule has 166 valence electrons. The van der Waals surface area contributed by atoms with Crippen LogP contribution in [0.1, 0.15) is 26.2 Å². The summed E-state index contributed by atoms with van der Waals surface area (Å²) >= 11 is 6.17. The smallest absolute Gasteiger partial charge is 0.211 e. The normalized spacial score (nSPS) is 17.3. The molecule has 1 aliphatic rings. The first-order chi connectivity index (χ1) is 13.3. The Morgan fingerprint density at radius 2 is 1.97 bits per heavy atom. The number of aliphatic imine (C=N–C) groups is 1. The van der Waals surface area contributed by atoms with Crippen molar-refractivity contribution in [1.82, 2.24) is 14.9 Å². The average Bonchev–Trinajstić information content (AvgIpc) is 2.68. The maximum Gasteiger partial charge on any atom is 0.211 e. The van der Waals surface area contributed by atoms with Crippen LogP contribution in [0.3, 0.4) is 0 Å². The summed E-state index contributed by atoms with van der Waals surface area (Å²) < 4.78 is 30.7. The number of nitrogens with zero attached hydrogens (tertiary/aromatic N) is 2. The fraction of sp³-hybridized carbons (Fsp3) is 0.632. The molecule has 2 N–H and O–H groups in total. The zero-order chi connectivity index (χ0) is 20.6. The van der Waals surface area contributed by atoms with E-state index in [9.17, 15) is 8.42 Å². The molecule has 0 radical (unpaired) electrons. The first-order valence-electron chi connectivity index (χ1n) is 9.64. The number of hydrogen-bond donors (Lipinski definition) is 2. The van der Waals surface area contributed by atoms with Gasteiger partial charge in [-0.25, -0.2) is 12.7 Å². The Morgan fingerprint density at radius 1 is 1.31 bits per heavy atom. The van der Waals surface area contributed by atoms with Crippen LogP contribution in [0.15, 0.2) is 29.3 Å². The van der Waals surface area contributed by atoms with E-state index in [0.29, 0.717) is 42.3 Å². The number of piperidine rings is 1. The third-order valence-electron chi connectivity index (χ3n) is 4.91. The molecule has 0 aromatic heterocycles. The van der Waals surface area contributed by atoms with E-state index in [1.807, 2.05) is 24.3 Å². The standard InChI is InChI=1S/C19H31ClN4O3S.HI/c1-4-16(27-18-8-6-5-7-17(18)20)14-23-19(21-2)22-13-15-9-11-24(12-10-15)28(3,25)26;/h5-8,15-16H,4,9-14H2,1-3H3,(H2,21,22,23);1H. The molecule has 0 amide bonds. The van der Waals surface area contributed by atoms with Gasteiger partial charge in [-0.15, -0.1) is 24.0 Å². The Hall–Kier alpha value is -0.780. The first kappa shape index (κ1) is 26.3. The lowest BCUT2D eigenvalue weighted by molar-refractivity contribution is 0.199. The first-order valence-corrected chi connectivity index (χ1v) is 11.9. The lowest BCUT2D eigenvalue weighted by atomic mass is 9.98. The average molecular weight is 559 g/mol. The van der Waals surface area contributed by atoms with E-state index in [1.54, 1.807) is 11.4 Å². The number of ether oxygens (including phenoxy) is 1. The molecule has 1 heterocycles. The van der Waals surface area contributed by atoms with Gasteiger partial charge < -0.3 is 15.4 Å². The van der Waals surface area contributed by atoms with Gasteiger partial charge in [0.15, 0.2) is 5.96 Å². The number of halogens is 2. The van der Waals surface area contributed by atoms with Crippen LogP contribution >= 0.6 is 35.6 Å². The Kier molecular flexibility index (Phi) is 11.6. The summed E-state index contributed by atoms with van der Waals surface area (Å²) in [6, 6.07) is 7.45. The topological polar surface area (TPSA) is 83.0 Å². The van der Waals surface area contributed by atoms with E-state index < -0.39 is 10.0 Å². The molecular weight excluding hydrogens is 527 g/mol. The molecule has 1 atom stereocenters. The number of rotatable bonds is 8. The van der Waals surface area contributed by atoms with Gasteiger partial charge >= 0.3 is 0 Å². The molecule has 1 aromatic carbocycles. The van der Waals surface area contributed by atoms with E-state index >= 15 is 0 Å². The second-order valence-electron chi connectivity index (χ2n) is 7.02. The molecule has 29 heavy (non-hydrogen) atoms. The second kappa shape index (κ2) is 12.8. The molecule has 0 aliphatic carbocycles. The molecule has 0 spiro atoms. The van der Waals surface area contributed by atoms with Gasteiger partial charge in [-0.1, -0.05) is 30.7 Å². The van der Waals surface area contributed by atoms with Crippen LogP contribution in [0.25, 0.3) is 0 Å². The summed E-state index contributed by atoms with van der Waals surface area (Å²) in [7, 11) is -1.35. The highest BCUT2D eigenvalue weighted by molar-refractivity contribution is 14.0. The van der Waals surface area contributed by atoms with E-state index in [-0.39, 0.29) is 30.1 Å². The number of guanidine groups is 1. The van der Waals surface area contributed by atoms with Gasteiger partial charge in [-0.2, -0.15) is 0 Å². The van der Waals surface area contributed by atoms with E-state index in [4.69, 9.17) is 16.3 Å². The monoisotopic (exact) mass is 558 g/mol. The molecule has 0 bridgehead atoms. The fourth-order valence-electron chi connectivity index (χ4n) is 3.11. The van der Waals surface area contributed by atoms with Crippen molar-refractivity contribution in [2.45, 2.75) is 32.3 Å². The number of nitrogens with one attached hydrogen (secondary N) is 2. The second-order valence-corrected chi connectivity index (χ2v) is 9.41. The minimum absolute atomic E-state index is 0. The quantitative estimate of drug-likeness (QED) is 0.291. The van der Waals surface area contributed by atoms with E-state index in [0.717, 1.165) is 25.8 Å². The molecule has 1 unspecified atom stereocenters. The number of sulfonamides is 1. The van der Waals surface area contributed by atoms with Gasteiger partial charge in [0, 0.05) is 26.7 Å². The van der Waals surface area contributed by atoms with E-state index in [1.165, 1.54) is 6.26 Å². The Labute approximate surface area is 196 Å². The molecule has 1 saturated heterocycles. The molecular formula is C19H32ClIN4O3S. The Bertz CT molecular complexity index is 756. The lowest BCUT2D eigenvalue weighted by Gasteiger charge is -2.30. The summed E-state index contributed by atoms with van der Waals surface area (Å²) in [5.74, 6) is 1.82. The lowest BCUT2D eigenvalue weighted by Crippen LogP contribution is -2.46. The minimum Gasteiger partial charge on any atom is -0.487 e. The number of para-hydroxylation sites is 1. The Morgan fingerprint density at radius 3 is 2.52 bits per heavy atom. The molecule has 2 rings (SSSR count). The SMILES string of the molecule is CCC(CNC(=NC)NCC1CCN(S(C)(=O)=O)CC1)Oc1ccccc1Cl.I. The van der Waals surface area contributed by atoms with Crippen LogP contribution in [0.5, 0.6) is 5.75 Å². The number of hydrogen-bond acceptors (Lipinski definition) is 4. The zero-order valence-electron chi connectivity index (χ0n) is 17.2. The largest absolute Gasteiger partial charge is 0.487 e. The van der Waals surface area contributed by atoms with Crippen LogP contribution < -0.4 is 15.4 Å². The highest BCUT2D eigenvalue weighted by Gasteiger charge is 2.24. The number of benzene rings is 1. The molecule has 1 fully saturated rings. The summed E-state index contributed by atoms with van der Waals surface area (Å²) in [5, 5.41) is 7.23. The van der Waals surface area contributed by atoms with Crippen molar-refractivity contribution in [3.63, 3.8) is 0 Å². The molecule has 7 nitrogen and oxygen atoms in total. The predicted molar refractivity (Wildman–Crippen MR) is 130 cm³/mol. The molecule has 0 saturated carbocycles. The van der Waals surface area contributed by atoms with Crippen LogP contribution in [-0.4, -0.2) is 64.3 Å². The molecule has 10 heteroatoms. The third kappa shape index (κ3) is 8.85. The molecule has 1 aliphatic heterocycles.